The van der Waals surface area contributed by atoms with Gasteiger partial charge in [-0.3, -0.25) is 8.37 Å². The summed E-state index contributed by atoms with van der Waals surface area (Å²) in [4.78, 5) is 11.2. The van der Waals surface area contributed by atoms with Crippen molar-refractivity contribution in [2.45, 2.75) is 19.1 Å². The van der Waals surface area contributed by atoms with E-state index >= 15 is 0 Å². The lowest BCUT2D eigenvalue weighted by molar-refractivity contribution is -0.137. The summed E-state index contributed by atoms with van der Waals surface area (Å²) in [5.41, 5.74) is 0.840. The highest BCUT2D eigenvalue weighted by Crippen LogP contribution is 2.32. The molecule has 0 saturated carbocycles. The molecule has 0 spiro atoms. The van der Waals surface area contributed by atoms with E-state index < -0.39 is 29.5 Å². The van der Waals surface area contributed by atoms with Gasteiger partial charge in [0.25, 0.3) is 0 Å². The lowest BCUT2D eigenvalue weighted by atomic mass is 10.0. The molecule has 1 fully saturated rings. The molecule has 3 atom stereocenters. The third kappa shape index (κ3) is 3.73. The van der Waals surface area contributed by atoms with Crippen molar-refractivity contribution in [3.63, 3.8) is 0 Å². The maximum absolute atomic E-state index is 11.3. The standard InChI is InChI=1S/C13H14O5S/c1-2-16-12(14)9-8-11-13(18-19(15)17-11)10-6-4-3-5-7-10/h3-9,11,13H,2H2,1H3/b9-8+. The Morgan fingerprint density at radius 3 is 2.79 bits per heavy atom. The minimum absolute atomic E-state index is 0.305. The van der Waals surface area contributed by atoms with Crippen LogP contribution in [0, 0.1) is 0 Å². The Morgan fingerprint density at radius 2 is 2.11 bits per heavy atom. The van der Waals surface area contributed by atoms with Crippen LogP contribution in [-0.4, -0.2) is 22.9 Å². The van der Waals surface area contributed by atoms with Gasteiger partial charge >= 0.3 is 17.3 Å². The molecule has 1 heterocycles. The second-order valence-electron chi connectivity index (χ2n) is 3.80. The zero-order valence-corrected chi connectivity index (χ0v) is 11.2. The monoisotopic (exact) mass is 282 g/mol. The van der Waals surface area contributed by atoms with Gasteiger partial charge in [-0.2, -0.15) is 4.21 Å². The van der Waals surface area contributed by atoms with Crippen LogP contribution in [0.5, 0.6) is 0 Å². The average molecular weight is 282 g/mol. The summed E-state index contributed by atoms with van der Waals surface area (Å²) in [7, 11) is 0. The van der Waals surface area contributed by atoms with Crippen molar-refractivity contribution in [3.8, 4) is 0 Å². The van der Waals surface area contributed by atoms with Crippen LogP contribution in [0.3, 0.4) is 0 Å². The molecule has 0 N–H and O–H groups in total. The van der Waals surface area contributed by atoms with Crippen molar-refractivity contribution in [1.29, 1.82) is 0 Å². The average Bonchev–Trinajstić information content (AvgIpc) is 2.79. The van der Waals surface area contributed by atoms with E-state index in [4.69, 9.17) is 13.1 Å². The van der Waals surface area contributed by atoms with Gasteiger partial charge in [0.2, 0.25) is 0 Å². The maximum atomic E-state index is 11.3. The lowest BCUT2D eigenvalue weighted by Crippen LogP contribution is -2.13. The molecule has 0 bridgehead atoms. The fourth-order valence-electron chi connectivity index (χ4n) is 1.69. The van der Waals surface area contributed by atoms with Crippen molar-refractivity contribution < 1.29 is 22.1 Å². The summed E-state index contributed by atoms with van der Waals surface area (Å²) < 4.78 is 26.4. The van der Waals surface area contributed by atoms with Gasteiger partial charge in [0.1, 0.15) is 12.2 Å². The molecule has 5 nitrogen and oxygen atoms in total. The molecule has 0 amide bonds. The van der Waals surface area contributed by atoms with Gasteiger partial charge in [-0.1, -0.05) is 30.3 Å². The van der Waals surface area contributed by atoms with Crippen LogP contribution in [0.15, 0.2) is 42.5 Å². The number of benzene rings is 1. The van der Waals surface area contributed by atoms with Crippen LogP contribution >= 0.6 is 0 Å². The fourth-order valence-corrected chi connectivity index (χ4v) is 2.47. The number of rotatable bonds is 4. The Morgan fingerprint density at radius 1 is 1.37 bits per heavy atom. The molecular formula is C13H14O5S. The van der Waals surface area contributed by atoms with Crippen LogP contribution in [-0.2, 0) is 29.3 Å². The smallest absolute Gasteiger partial charge is 0.330 e. The summed E-state index contributed by atoms with van der Waals surface area (Å²) in [5, 5.41) is 0. The Labute approximate surface area is 114 Å². The second kappa shape index (κ2) is 6.60. The maximum Gasteiger partial charge on any atom is 0.330 e. The van der Waals surface area contributed by atoms with E-state index in [-0.39, 0.29) is 0 Å². The summed E-state index contributed by atoms with van der Waals surface area (Å²) in [6.07, 6.45) is 1.69. The number of hydrogen-bond donors (Lipinski definition) is 0. The molecule has 19 heavy (non-hydrogen) atoms. The Kier molecular flexibility index (Phi) is 4.84. The van der Waals surface area contributed by atoms with Gasteiger partial charge in [0.15, 0.2) is 0 Å². The van der Waals surface area contributed by atoms with Gasteiger partial charge in [0.05, 0.1) is 6.61 Å². The minimum Gasteiger partial charge on any atom is -0.463 e. The number of esters is 1. The van der Waals surface area contributed by atoms with Crippen molar-refractivity contribution >= 4 is 17.3 Å². The molecular weight excluding hydrogens is 268 g/mol. The molecule has 2 rings (SSSR count). The molecule has 1 aliphatic rings. The van der Waals surface area contributed by atoms with Crippen LogP contribution in [0.2, 0.25) is 0 Å². The van der Waals surface area contributed by atoms with E-state index in [1.807, 2.05) is 30.3 Å². The third-order valence-corrected chi connectivity index (χ3v) is 3.25. The predicted octanol–water partition coefficient (Wildman–Crippen LogP) is 1.84. The van der Waals surface area contributed by atoms with E-state index in [1.165, 1.54) is 12.2 Å². The van der Waals surface area contributed by atoms with Crippen LogP contribution in [0.1, 0.15) is 18.6 Å². The summed E-state index contributed by atoms with van der Waals surface area (Å²) >= 11 is -1.81. The van der Waals surface area contributed by atoms with Crippen LogP contribution in [0.25, 0.3) is 0 Å². The van der Waals surface area contributed by atoms with Crippen molar-refractivity contribution in [2.24, 2.45) is 0 Å². The molecule has 1 aromatic rings. The number of ether oxygens (including phenoxy) is 1. The predicted molar refractivity (Wildman–Crippen MR) is 69.1 cm³/mol. The fraction of sp³-hybridized carbons (Fsp3) is 0.308. The molecule has 1 aliphatic heterocycles. The molecule has 102 valence electrons. The van der Waals surface area contributed by atoms with E-state index in [2.05, 4.69) is 0 Å². The zero-order chi connectivity index (χ0) is 13.7. The van der Waals surface area contributed by atoms with E-state index in [0.717, 1.165) is 5.56 Å². The normalized spacial score (nSPS) is 26.7. The Hall–Kier alpha value is -1.50. The quantitative estimate of drug-likeness (QED) is 0.623. The molecule has 1 saturated heterocycles. The first-order valence-electron chi connectivity index (χ1n) is 5.86. The van der Waals surface area contributed by atoms with E-state index in [0.29, 0.717) is 6.61 Å². The van der Waals surface area contributed by atoms with Gasteiger partial charge in [0, 0.05) is 6.08 Å². The molecule has 0 aliphatic carbocycles. The number of carbonyl (C=O) groups is 1. The highest BCUT2D eigenvalue weighted by molar-refractivity contribution is 7.75. The lowest BCUT2D eigenvalue weighted by Gasteiger charge is -2.11. The summed E-state index contributed by atoms with van der Waals surface area (Å²) in [6.45, 7) is 2.03. The SMILES string of the molecule is CCOC(=O)/C=C/C1OS(=O)OC1c1ccccc1. The van der Waals surface area contributed by atoms with E-state index in [1.54, 1.807) is 6.92 Å². The van der Waals surface area contributed by atoms with Gasteiger partial charge in [-0.15, -0.1) is 0 Å². The van der Waals surface area contributed by atoms with Gasteiger partial charge in [-0.25, -0.2) is 4.79 Å². The van der Waals surface area contributed by atoms with Crippen molar-refractivity contribution in [3.05, 3.63) is 48.0 Å². The van der Waals surface area contributed by atoms with Gasteiger partial charge < -0.3 is 4.74 Å². The zero-order valence-electron chi connectivity index (χ0n) is 10.4. The third-order valence-electron chi connectivity index (χ3n) is 2.51. The topological polar surface area (TPSA) is 61.8 Å². The van der Waals surface area contributed by atoms with Crippen LogP contribution < -0.4 is 0 Å². The molecule has 6 heteroatoms. The second-order valence-corrected chi connectivity index (χ2v) is 4.60. The first-order valence-corrected chi connectivity index (χ1v) is 6.86. The summed E-state index contributed by atoms with van der Waals surface area (Å²) in [5.74, 6) is -0.462. The number of carbonyl (C=O) groups excluding carboxylic acids is 1. The first-order chi connectivity index (χ1) is 9.20. The van der Waals surface area contributed by atoms with Crippen molar-refractivity contribution in [2.75, 3.05) is 6.61 Å². The van der Waals surface area contributed by atoms with E-state index in [9.17, 15) is 9.00 Å². The highest BCUT2D eigenvalue weighted by Gasteiger charge is 2.34. The molecule has 0 aromatic heterocycles. The van der Waals surface area contributed by atoms with Gasteiger partial charge in [-0.05, 0) is 18.6 Å². The largest absolute Gasteiger partial charge is 0.463 e. The highest BCUT2D eigenvalue weighted by atomic mass is 32.2. The molecule has 1 aromatic carbocycles. The number of hydrogen-bond acceptors (Lipinski definition) is 5. The Balaban J connectivity index is 2.10. The Bertz CT molecular complexity index is 485. The minimum atomic E-state index is -1.81. The summed E-state index contributed by atoms with van der Waals surface area (Å²) in [6, 6.07) is 9.28. The van der Waals surface area contributed by atoms with Crippen LogP contribution in [0.4, 0.5) is 0 Å². The van der Waals surface area contributed by atoms with Crippen molar-refractivity contribution in [1.82, 2.24) is 0 Å². The first kappa shape index (κ1) is 13.9. The molecule has 0 radical (unpaired) electrons. The molecule has 3 unspecified atom stereocenters.